The van der Waals surface area contributed by atoms with Crippen LogP contribution in [0.15, 0.2) is 15.0 Å². The van der Waals surface area contributed by atoms with Gasteiger partial charge in [0, 0.05) is 5.56 Å². The molecule has 0 aliphatic carbocycles. The van der Waals surface area contributed by atoms with Gasteiger partial charge in [0.05, 0.1) is 5.56 Å². The van der Waals surface area contributed by atoms with Crippen molar-refractivity contribution in [2.75, 3.05) is 5.73 Å². The molecule has 0 atom stereocenters. The van der Waals surface area contributed by atoms with Gasteiger partial charge in [-0.15, -0.1) is 0 Å². The minimum Gasteiger partial charge on any atom is -0.466 e. The maximum absolute atomic E-state index is 5.60. The molecule has 0 unspecified atom stereocenters. The van der Waals surface area contributed by atoms with Crippen LogP contribution in [0.4, 0.5) is 5.82 Å². The topological polar surface area (TPSA) is 65.2 Å². The summed E-state index contributed by atoms with van der Waals surface area (Å²) < 4.78 is 10.5. The van der Waals surface area contributed by atoms with Crippen molar-refractivity contribution in [2.45, 2.75) is 20.8 Å². The Labute approximate surface area is 81.7 Å². The number of aromatic nitrogens is 1. The lowest BCUT2D eigenvalue weighted by molar-refractivity contribution is 0.433. The van der Waals surface area contributed by atoms with Gasteiger partial charge in [-0.05, 0) is 26.8 Å². The van der Waals surface area contributed by atoms with E-state index >= 15 is 0 Å². The van der Waals surface area contributed by atoms with E-state index in [2.05, 4.69) is 5.16 Å². The molecule has 74 valence electrons. The first-order valence-electron chi connectivity index (χ1n) is 4.38. The van der Waals surface area contributed by atoms with Crippen molar-refractivity contribution in [1.29, 1.82) is 0 Å². The van der Waals surface area contributed by atoms with Crippen LogP contribution < -0.4 is 5.73 Å². The highest BCUT2D eigenvalue weighted by Gasteiger charge is 2.16. The molecule has 0 aliphatic heterocycles. The molecule has 0 saturated carbocycles. The van der Waals surface area contributed by atoms with E-state index in [0.29, 0.717) is 11.6 Å². The van der Waals surface area contributed by atoms with Gasteiger partial charge >= 0.3 is 0 Å². The van der Waals surface area contributed by atoms with Crippen molar-refractivity contribution < 1.29 is 8.94 Å². The molecule has 0 aromatic carbocycles. The fourth-order valence-corrected chi connectivity index (χ4v) is 1.46. The zero-order chi connectivity index (χ0) is 10.3. The number of hydrogen-bond donors (Lipinski definition) is 1. The lowest BCUT2D eigenvalue weighted by Gasteiger charge is -1.92. The van der Waals surface area contributed by atoms with Crippen LogP contribution in [0.5, 0.6) is 0 Å². The third-order valence-electron chi connectivity index (χ3n) is 2.25. The molecule has 14 heavy (non-hydrogen) atoms. The largest absolute Gasteiger partial charge is 0.466 e. The monoisotopic (exact) mass is 192 g/mol. The maximum atomic E-state index is 5.60. The summed E-state index contributed by atoms with van der Waals surface area (Å²) in [7, 11) is 0. The number of furan rings is 1. The molecule has 0 radical (unpaired) electrons. The van der Waals surface area contributed by atoms with Crippen molar-refractivity contribution in [2.24, 2.45) is 0 Å². The molecule has 2 aromatic heterocycles. The number of hydrogen-bond acceptors (Lipinski definition) is 4. The average molecular weight is 192 g/mol. The van der Waals surface area contributed by atoms with Crippen molar-refractivity contribution in [3.05, 3.63) is 23.2 Å². The second kappa shape index (κ2) is 2.90. The highest BCUT2D eigenvalue weighted by molar-refractivity contribution is 5.67. The van der Waals surface area contributed by atoms with Crippen molar-refractivity contribution in [3.63, 3.8) is 0 Å². The second-order valence-corrected chi connectivity index (χ2v) is 3.35. The summed E-state index contributed by atoms with van der Waals surface area (Å²) in [5, 5.41) is 3.70. The van der Waals surface area contributed by atoms with Crippen LogP contribution in [0.1, 0.15) is 17.1 Å². The number of anilines is 1. The summed E-state index contributed by atoms with van der Waals surface area (Å²) in [5.74, 6) is 2.80. The molecule has 4 heteroatoms. The van der Waals surface area contributed by atoms with Crippen LogP contribution in [0.25, 0.3) is 11.3 Å². The molecule has 0 aliphatic rings. The summed E-state index contributed by atoms with van der Waals surface area (Å²) in [6.45, 7) is 5.66. The Balaban J connectivity index is 2.59. The van der Waals surface area contributed by atoms with Crippen LogP contribution in [0, 0.1) is 20.8 Å². The van der Waals surface area contributed by atoms with Gasteiger partial charge in [0.15, 0.2) is 11.6 Å². The van der Waals surface area contributed by atoms with Crippen LogP contribution in [-0.2, 0) is 0 Å². The molecule has 0 bridgehead atoms. The normalized spacial score (nSPS) is 10.8. The molecule has 0 fully saturated rings. The molecule has 0 saturated heterocycles. The Morgan fingerprint density at radius 1 is 1.29 bits per heavy atom. The van der Waals surface area contributed by atoms with Gasteiger partial charge in [-0.25, -0.2) is 0 Å². The van der Waals surface area contributed by atoms with Gasteiger partial charge in [-0.2, -0.15) is 0 Å². The lowest BCUT2D eigenvalue weighted by atomic mass is 10.1. The van der Waals surface area contributed by atoms with Crippen LogP contribution >= 0.6 is 0 Å². The van der Waals surface area contributed by atoms with E-state index in [4.69, 9.17) is 14.7 Å². The zero-order valence-electron chi connectivity index (χ0n) is 8.42. The van der Waals surface area contributed by atoms with E-state index < -0.39 is 0 Å². The smallest absolute Gasteiger partial charge is 0.175 e. The first kappa shape index (κ1) is 8.87. The highest BCUT2D eigenvalue weighted by atomic mass is 16.5. The molecular weight excluding hydrogens is 180 g/mol. The minimum atomic E-state index is 0.429. The first-order valence-corrected chi connectivity index (χ1v) is 4.38. The second-order valence-electron chi connectivity index (χ2n) is 3.35. The number of nitrogen functional groups attached to an aromatic ring is 1. The SMILES string of the molecule is Cc1cc(-c2onc(N)c2C)c(C)o1. The number of nitrogens with zero attached hydrogens (tertiary/aromatic N) is 1. The number of rotatable bonds is 1. The molecule has 0 amide bonds. The lowest BCUT2D eigenvalue weighted by Crippen LogP contribution is -1.86. The molecule has 2 heterocycles. The van der Waals surface area contributed by atoms with Gasteiger partial charge in [0.1, 0.15) is 11.5 Å². The zero-order valence-corrected chi connectivity index (χ0v) is 8.42. The third-order valence-corrected chi connectivity index (χ3v) is 2.25. The van der Waals surface area contributed by atoms with E-state index in [1.54, 1.807) is 0 Å². The van der Waals surface area contributed by atoms with Gasteiger partial charge in [0.2, 0.25) is 0 Å². The predicted octanol–water partition coefficient (Wildman–Crippen LogP) is 2.44. The molecule has 0 spiro atoms. The highest BCUT2D eigenvalue weighted by Crippen LogP contribution is 2.31. The van der Waals surface area contributed by atoms with E-state index in [-0.39, 0.29) is 0 Å². The number of nitrogens with two attached hydrogens (primary N) is 1. The average Bonchev–Trinajstić information content (AvgIpc) is 2.59. The summed E-state index contributed by atoms with van der Waals surface area (Å²) in [5.41, 5.74) is 7.38. The van der Waals surface area contributed by atoms with Crippen LogP contribution in [0.3, 0.4) is 0 Å². The Hall–Kier alpha value is -1.71. The predicted molar refractivity (Wildman–Crippen MR) is 52.8 cm³/mol. The van der Waals surface area contributed by atoms with Crippen LogP contribution in [0.2, 0.25) is 0 Å². The van der Waals surface area contributed by atoms with E-state index in [1.165, 1.54) is 0 Å². The fraction of sp³-hybridized carbons (Fsp3) is 0.300. The van der Waals surface area contributed by atoms with Crippen molar-refractivity contribution >= 4 is 5.82 Å². The van der Waals surface area contributed by atoms with Gasteiger partial charge in [-0.1, -0.05) is 5.16 Å². The van der Waals surface area contributed by atoms with E-state index in [0.717, 1.165) is 22.6 Å². The summed E-state index contributed by atoms with van der Waals surface area (Å²) in [6.07, 6.45) is 0. The van der Waals surface area contributed by atoms with E-state index in [9.17, 15) is 0 Å². The standard InChI is InChI=1S/C10H12N2O2/c1-5-4-8(7(3)13-5)9-6(2)10(11)12-14-9/h4H,1-3H3,(H2,11,12). The summed E-state index contributed by atoms with van der Waals surface area (Å²) in [4.78, 5) is 0. The van der Waals surface area contributed by atoms with E-state index in [1.807, 2.05) is 26.8 Å². The van der Waals surface area contributed by atoms with Gasteiger partial charge < -0.3 is 14.7 Å². The summed E-state index contributed by atoms with van der Waals surface area (Å²) in [6, 6.07) is 1.92. The Kier molecular flexibility index (Phi) is 1.84. The van der Waals surface area contributed by atoms with Gasteiger partial charge in [-0.3, -0.25) is 0 Å². The minimum absolute atomic E-state index is 0.429. The van der Waals surface area contributed by atoms with Gasteiger partial charge in [0.25, 0.3) is 0 Å². The molecule has 4 nitrogen and oxygen atoms in total. The molecule has 2 rings (SSSR count). The number of aryl methyl sites for hydroxylation is 2. The van der Waals surface area contributed by atoms with Crippen LogP contribution in [-0.4, -0.2) is 5.16 Å². The maximum Gasteiger partial charge on any atom is 0.175 e. The first-order chi connectivity index (χ1) is 6.59. The quantitative estimate of drug-likeness (QED) is 0.753. The molecular formula is C10H12N2O2. The fourth-order valence-electron chi connectivity index (χ4n) is 1.46. The molecule has 2 N–H and O–H groups in total. The van der Waals surface area contributed by atoms with Crippen molar-refractivity contribution in [1.82, 2.24) is 5.16 Å². The van der Waals surface area contributed by atoms with Crippen molar-refractivity contribution in [3.8, 4) is 11.3 Å². The Morgan fingerprint density at radius 2 is 2.00 bits per heavy atom. The third kappa shape index (κ3) is 1.19. The molecule has 2 aromatic rings. The summed E-state index contributed by atoms with van der Waals surface area (Å²) >= 11 is 0. The Bertz CT molecular complexity index is 468. The Morgan fingerprint density at radius 3 is 2.43 bits per heavy atom.